The van der Waals surface area contributed by atoms with Crippen LogP contribution in [0.2, 0.25) is 0 Å². The summed E-state index contributed by atoms with van der Waals surface area (Å²) in [5.74, 6) is -1.96. The Morgan fingerprint density at radius 2 is 2.00 bits per heavy atom. The Morgan fingerprint density at radius 1 is 1.23 bits per heavy atom. The van der Waals surface area contributed by atoms with Crippen molar-refractivity contribution >= 4 is 11.3 Å². The molecule has 110 valence electrons. The lowest BCUT2D eigenvalue weighted by Gasteiger charge is -2.04. The highest BCUT2D eigenvalue weighted by molar-refractivity contribution is 7.14. The second-order valence-electron chi connectivity index (χ2n) is 4.58. The molecule has 0 aliphatic carbocycles. The van der Waals surface area contributed by atoms with Gasteiger partial charge in [-0.3, -0.25) is 0 Å². The molecule has 0 N–H and O–H groups in total. The van der Waals surface area contributed by atoms with Crippen LogP contribution in [0.5, 0.6) is 0 Å². The Labute approximate surface area is 128 Å². The van der Waals surface area contributed by atoms with Gasteiger partial charge in [-0.1, -0.05) is 16.6 Å². The first kappa shape index (κ1) is 14.3. The maximum Gasteiger partial charge on any atom is 0.212 e. The fraction of sp³-hybridized carbons (Fsp3) is 0.143. The van der Waals surface area contributed by atoms with E-state index >= 15 is 0 Å². The molecule has 2 heterocycles. The Balaban J connectivity index is 2.24. The summed E-state index contributed by atoms with van der Waals surface area (Å²) < 4.78 is 28.0. The average molecular weight is 317 g/mol. The van der Waals surface area contributed by atoms with Crippen molar-refractivity contribution in [2.45, 2.75) is 13.8 Å². The lowest BCUT2D eigenvalue weighted by Crippen LogP contribution is -2.00. The Hall–Kier alpha value is -2.66. The highest BCUT2D eigenvalue weighted by Gasteiger charge is 2.20. The number of halogens is 2. The summed E-state index contributed by atoms with van der Waals surface area (Å²) in [6.45, 7) is 3.77. The van der Waals surface area contributed by atoms with Crippen molar-refractivity contribution < 1.29 is 8.78 Å². The van der Waals surface area contributed by atoms with Crippen LogP contribution in [-0.2, 0) is 0 Å². The maximum atomic E-state index is 13.5. The van der Waals surface area contributed by atoms with E-state index in [1.165, 1.54) is 22.1 Å². The van der Waals surface area contributed by atoms with Gasteiger partial charge in [-0.25, -0.2) is 13.8 Å². The van der Waals surface area contributed by atoms with Crippen LogP contribution in [0.1, 0.15) is 16.3 Å². The highest BCUT2D eigenvalue weighted by atomic mass is 32.1. The van der Waals surface area contributed by atoms with Gasteiger partial charge >= 0.3 is 0 Å². The fourth-order valence-corrected chi connectivity index (χ4v) is 2.80. The zero-order valence-electron chi connectivity index (χ0n) is 11.6. The summed E-state index contributed by atoms with van der Waals surface area (Å²) in [6.07, 6.45) is 0. The first-order valence-corrected chi connectivity index (χ1v) is 7.08. The minimum atomic E-state index is -0.999. The Bertz CT molecular complexity index is 887. The van der Waals surface area contributed by atoms with E-state index in [9.17, 15) is 14.0 Å². The molecule has 3 rings (SSSR count). The molecule has 0 radical (unpaired) electrons. The van der Waals surface area contributed by atoms with Gasteiger partial charge in [0, 0.05) is 10.4 Å². The molecule has 2 aromatic heterocycles. The van der Waals surface area contributed by atoms with E-state index in [-0.39, 0.29) is 11.4 Å². The van der Waals surface area contributed by atoms with Gasteiger partial charge < -0.3 is 0 Å². The molecule has 0 saturated carbocycles. The third-order valence-electron chi connectivity index (χ3n) is 3.17. The second kappa shape index (κ2) is 5.27. The Morgan fingerprint density at radius 3 is 2.59 bits per heavy atom. The number of hydrogen-bond acceptors (Lipinski definition) is 5. The molecule has 5 nitrogen and oxygen atoms in total. The lowest BCUT2D eigenvalue weighted by molar-refractivity contribution is 0.509. The minimum absolute atomic E-state index is 0.0246. The molecule has 0 amide bonds. The molecule has 1 aromatic carbocycles. The predicted octanol–water partition coefficient (Wildman–Crippen LogP) is 3.16. The van der Waals surface area contributed by atoms with Crippen molar-refractivity contribution in [3.63, 3.8) is 0 Å². The zero-order chi connectivity index (χ0) is 15.9. The molecular formula is C14H9F2N5S. The van der Waals surface area contributed by atoms with Crippen LogP contribution in [-0.4, -0.2) is 20.0 Å². The van der Waals surface area contributed by atoms with E-state index in [1.807, 2.05) is 19.9 Å². The van der Waals surface area contributed by atoms with Crippen molar-refractivity contribution in [1.82, 2.24) is 20.0 Å². The number of aryl methyl sites for hydroxylation is 2. The quantitative estimate of drug-likeness (QED) is 0.728. The van der Waals surface area contributed by atoms with Gasteiger partial charge in [-0.2, -0.15) is 9.94 Å². The molecule has 0 bridgehead atoms. The summed E-state index contributed by atoms with van der Waals surface area (Å²) in [6, 6.07) is 5.30. The van der Waals surface area contributed by atoms with Crippen LogP contribution >= 0.6 is 11.3 Å². The minimum Gasteiger partial charge on any atom is -0.223 e. The van der Waals surface area contributed by atoms with Gasteiger partial charge in [-0.15, -0.1) is 5.10 Å². The van der Waals surface area contributed by atoms with Crippen molar-refractivity contribution in [2.75, 3.05) is 0 Å². The Kier molecular flexibility index (Phi) is 3.42. The van der Waals surface area contributed by atoms with Gasteiger partial charge in [0.15, 0.2) is 17.3 Å². The van der Waals surface area contributed by atoms with Gasteiger partial charge in [0.25, 0.3) is 0 Å². The monoisotopic (exact) mass is 317 g/mol. The molecular weight excluding hydrogens is 308 g/mol. The molecule has 0 aliphatic rings. The summed E-state index contributed by atoms with van der Waals surface area (Å²) in [5.41, 5.74) is 1.46. The van der Waals surface area contributed by atoms with Crippen LogP contribution in [0.15, 0.2) is 18.2 Å². The second-order valence-corrected chi connectivity index (χ2v) is 5.76. The smallest absolute Gasteiger partial charge is 0.212 e. The van der Waals surface area contributed by atoms with E-state index in [4.69, 9.17) is 0 Å². The normalized spacial score (nSPS) is 10.7. The van der Waals surface area contributed by atoms with Crippen LogP contribution < -0.4 is 0 Å². The van der Waals surface area contributed by atoms with E-state index in [0.717, 1.165) is 22.7 Å². The van der Waals surface area contributed by atoms with Gasteiger partial charge in [-0.05, 0) is 32.0 Å². The van der Waals surface area contributed by atoms with Crippen molar-refractivity contribution in [2.24, 2.45) is 0 Å². The maximum absolute atomic E-state index is 13.5. The summed E-state index contributed by atoms with van der Waals surface area (Å²) in [4.78, 5) is 5.36. The fourth-order valence-electron chi connectivity index (χ4n) is 1.94. The molecule has 0 saturated heterocycles. The molecule has 3 aromatic rings. The number of benzene rings is 1. The van der Waals surface area contributed by atoms with Crippen molar-refractivity contribution in [1.29, 1.82) is 5.26 Å². The number of nitriles is 1. The number of aromatic nitrogens is 4. The molecule has 22 heavy (non-hydrogen) atoms. The first-order chi connectivity index (χ1) is 10.5. The van der Waals surface area contributed by atoms with Crippen LogP contribution in [0.3, 0.4) is 0 Å². The van der Waals surface area contributed by atoms with E-state index in [1.54, 1.807) is 0 Å². The SMILES string of the molecule is Cc1nc(-n2nnc(C#N)c2-c2ccc(F)c(F)c2)sc1C. The number of nitrogens with zero attached hydrogens (tertiary/aromatic N) is 5. The summed E-state index contributed by atoms with van der Waals surface area (Å²) in [5, 5.41) is 17.4. The largest absolute Gasteiger partial charge is 0.223 e. The standard InChI is InChI=1S/C14H9F2N5S/c1-7-8(2)22-14(18-7)21-13(12(6-17)19-20-21)9-3-4-10(15)11(16)5-9/h3-5H,1-2H3. The van der Waals surface area contributed by atoms with E-state index < -0.39 is 11.6 Å². The average Bonchev–Trinajstić information content (AvgIpc) is 3.06. The van der Waals surface area contributed by atoms with Gasteiger partial charge in [0.05, 0.1) is 5.69 Å². The summed E-state index contributed by atoms with van der Waals surface area (Å²) in [7, 11) is 0. The third-order valence-corrected chi connectivity index (χ3v) is 4.22. The van der Waals surface area contributed by atoms with E-state index in [0.29, 0.717) is 10.7 Å². The lowest BCUT2D eigenvalue weighted by atomic mass is 10.1. The molecule has 0 unspecified atom stereocenters. The van der Waals surface area contributed by atoms with Crippen molar-refractivity contribution in [3.8, 4) is 22.5 Å². The van der Waals surface area contributed by atoms with E-state index in [2.05, 4.69) is 15.3 Å². The zero-order valence-corrected chi connectivity index (χ0v) is 12.4. The first-order valence-electron chi connectivity index (χ1n) is 6.27. The van der Waals surface area contributed by atoms with Crippen molar-refractivity contribution in [3.05, 3.63) is 46.1 Å². The number of rotatable bonds is 2. The highest BCUT2D eigenvalue weighted by Crippen LogP contribution is 2.28. The summed E-state index contributed by atoms with van der Waals surface area (Å²) >= 11 is 1.38. The van der Waals surface area contributed by atoms with Crippen LogP contribution in [0, 0.1) is 36.8 Å². The molecule has 8 heteroatoms. The van der Waals surface area contributed by atoms with Crippen LogP contribution in [0.4, 0.5) is 8.78 Å². The van der Waals surface area contributed by atoms with Crippen LogP contribution in [0.25, 0.3) is 16.4 Å². The molecule has 0 spiro atoms. The van der Waals surface area contributed by atoms with Gasteiger partial charge in [0.2, 0.25) is 5.13 Å². The molecule has 0 atom stereocenters. The predicted molar refractivity (Wildman–Crippen MR) is 76.6 cm³/mol. The van der Waals surface area contributed by atoms with Gasteiger partial charge in [0.1, 0.15) is 11.8 Å². The third kappa shape index (κ3) is 2.25. The molecule has 0 fully saturated rings. The molecule has 0 aliphatic heterocycles. The topological polar surface area (TPSA) is 67.4 Å². The number of thiazole rings is 1. The number of hydrogen-bond donors (Lipinski definition) is 0.